The third kappa shape index (κ3) is 3.96. The van der Waals surface area contributed by atoms with E-state index in [1.807, 2.05) is 31.3 Å². The highest BCUT2D eigenvalue weighted by atomic mass is 16.5. The zero-order chi connectivity index (χ0) is 19.6. The molecule has 2 aromatic heterocycles. The van der Waals surface area contributed by atoms with Crippen molar-refractivity contribution in [1.29, 1.82) is 0 Å². The van der Waals surface area contributed by atoms with Crippen molar-refractivity contribution in [2.45, 2.75) is 19.8 Å². The summed E-state index contributed by atoms with van der Waals surface area (Å²) in [7, 11) is 0. The zero-order valence-corrected chi connectivity index (χ0v) is 16.8. The lowest BCUT2D eigenvalue weighted by Gasteiger charge is -2.35. The highest BCUT2D eigenvalue weighted by Crippen LogP contribution is 2.26. The fourth-order valence-electron chi connectivity index (χ4n) is 4.03. The van der Waals surface area contributed by atoms with E-state index in [0.717, 1.165) is 75.3 Å². The molecule has 0 aliphatic carbocycles. The average molecular weight is 390 g/mol. The second kappa shape index (κ2) is 7.83. The van der Waals surface area contributed by atoms with Gasteiger partial charge >= 0.3 is 0 Å². The van der Waals surface area contributed by atoms with Crippen molar-refractivity contribution in [3.63, 3.8) is 0 Å². The number of aryl methyl sites for hydroxylation is 1. The summed E-state index contributed by atoms with van der Waals surface area (Å²) in [5, 5.41) is 13.2. The van der Waals surface area contributed by atoms with Gasteiger partial charge in [-0.05, 0) is 48.7 Å². The van der Waals surface area contributed by atoms with Crippen molar-refractivity contribution >= 4 is 5.82 Å². The Kier molecular flexibility index (Phi) is 4.89. The zero-order valence-electron chi connectivity index (χ0n) is 16.8. The monoisotopic (exact) mass is 390 g/mol. The fraction of sp³-hybridized carbons (Fsp3) is 0.409. The van der Waals surface area contributed by atoms with Gasteiger partial charge in [-0.2, -0.15) is 5.10 Å². The molecule has 3 aromatic rings. The lowest BCUT2D eigenvalue weighted by Crippen LogP contribution is -2.47. The van der Waals surface area contributed by atoms with Crippen LogP contribution >= 0.6 is 0 Å². The molecule has 1 aromatic carbocycles. The van der Waals surface area contributed by atoms with Crippen LogP contribution in [-0.4, -0.2) is 64.2 Å². The van der Waals surface area contributed by atoms with E-state index in [1.54, 1.807) is 4.68 Å². The normalized spacial score (nSPS) is 16.7. The van der Waals surface area contributed by atoms with Crippen LogP contribution in [0.3, 0.4) is 0 Å². The summed E-state index contributed by atoms with van der Waals surface area (Å²) in [5.41, 5.74) is 3.74. The Morgan fingerprint density at radius 1 is 0.966 bits per heavy atom. The Labute approximate surface area is 170 Å². The van der Waals surface area contributed by atoms with E-state index in [9.17, 15) is 0 Å². The molecule has 0 spiro atoms. The molecule has 0 N–H and O–H groups in total. The van der Waals surface area contributed by atoms with Crippen LogP contribution in [-0.2, 0) is 12.8 Å². The molecule has 0 atom stereocenters. The van der Waals surface area contributed by atoms with Crippen molar-refractivity contribution in [1.82, 2.24) is 24.9 Å². The number of benzene rings is 1. The molecule has 0 amide bonds. The van der Waals surface area contributed by atoms with Gasteiger partial charge in [-0.15, -0.1) is 10.2 Å². The lowest BCUT2D eigenvalue weighted by molar-refractivity contribution is 0.260. The van der Waals surface area contributed by atoms with Gasteiger partial charge in [0.2, 0.25) is 0 Å². The van der Waals surface area contributed by atoms with Crippen LogP contribution in [0, 0.1) is 6.92 Å². The van der Waals surface area contributed by atoms with E-state index in [0.29, 0.717) is 0 Å². The van der Waals surface area contributed by atoms with Gasteiger partial charge in [-0.3, -0.25) is 4.90 Å². The first-order chi connectivity index (χ1) is 14.2. The summed E-state index contributed by atoms with van der Waals surface area (Å²) in [6, 6.07) is 12.6. The van der Waals surface area contributed by atoms with E-state index in [1.165, 1.54) is 11.1 Å². The average Bonchev–Trinajstić information content (AvgIpc) is 3.41. The Morgan fingerprint density at radius 2 is 1.79 bits per heavy atom. The topological polar surface area (TPSA) is 59.3 Å². The van der Waals surface area contributed by atoms with E-state index in [2.05, 4.69) is 43.3 Å². The largest absolute Gasteiger partial charge is 0.493 e. The van der Waals surface area contributed by atoms with Crippen LogP contribution in [0.4, 0.5) is 5.82 Å². The van der Waals surface area contributed by atoms with Gasteiger partial charge < -0.3 is 9.64 Å². The van der Waals surface area contributed by atoms with E-state index >= 15 is 0 Å². The van der Waals surface area contributed by atoms with Crippen molar-refractivity contribution in [2.24, 2.45) is 0 Å². The number of hydrogen-bond acceptors (Lipinski definition) is 6. The summed E-state index contributed by atoms with van der Waals surface area (Å²) in [5.74, 6) is 2.76. The van der Waals surface area contributed by atoms with Crippen LogP contribution in [0.2, 0.25) is 0 Å². The van der Waals surface area contributed by atoms with E-state index < -0.39 is 0 Å². The van der Waals surface area contributed by atoms with Crippen LogP contribution < -0.4 is 9.64 Å². The highest BCUT2D eigenvalue weighted by Gasteiger charge is 2.19. The maximum Gasteiger partial charge on any atom is 0.175 e. The molecule has 0 bridgehead atoms. The minimum absolute atomic E-state index is 0.750. The quantitative estimate of drug-likeness (QED) is 0.666. The van der Waals surface area contributed by atoms with Crippen molar-refractivity contribution in [2.75, 3.05) is 44.2 Å². The van der Waals surface area contributed by atoms with Crippen LogP contribution in [0.1, 0.15) is 16.8 Å². The molecule has 7 heteroatoms. The van der Waals surface area contributed by atoms with Gasteiger partial charge in [0.25, 0.3) is 0 Å². The number of piperazine rings is 1. The number of ether oxygens (including phenoxy) is 1. The number of fused-ring (bicyclic) bond motifs is 1. The first-order valence-corrected chi connectivity index (χ1v) is 10.3. The molecule has 29 heavy (non-hydrogen) atoms. The van der Waals surface area contributed by atoms with Gasteiger partial charge in [0, 0.05) is 45.3 Å². The first kappa shape index (κ1) is 18.1. The molecule has 0 radical (unpaired) electrons. The van der Waals surface area contributed by atoms with Crippen molar-refractivity contribution in [3.8, 4) is 11.6 Å². The predicted molar refractivity (Wildman–Crippen MR) is 112 cm³/mol. The van der Waals surface area contributed by atoms with Gasteiger partial charge in [0.1, 0.15) is 5.75 Å². The van der Waals surface area contributed by atoms with Gasteiger partial charge in [0.15, 0.2) is 11.6 Å². The molecule has 150 valence electrons. The Balaban J connectivity index is 1.13. The Hall–Kier alpha value is -2.93. The summed E-state index contributed by atoms with van der Waals surface area (Å²) in [6.07, 6.45) is 4.04. The molecule has 0 saturated carbocycles. The van der Waals surface area contributed by atoms with Crippen LogP contribution in [0.15, 0.2) is 42.6 Å². The highest BCUT2D eigenvalue weighted by molar-refractivity contribution is 5.41. The molecule has 1 fully saturated rings. The fourth-order valence-corrected chi connectivity index (χ4v) is 4.03. The summed E-state index contributed by atoms with van der Waals surface area (Å²) in [6.45, 7) is 7.95. The number of hydrogen-bond donors (Lipinski definition) is 0. The van der Waals surface area contributed by atoms with E-state index in [-0.39, 0.29) is 0 Å². The second-order valence-electron chi connectivity index (χ2n) is 7.77. The Morgan fingerprint density at radius 3 is 2.55 bits per heavy atom. The Bertz CT molecular complexity index is 975. The minimum atomic E-state index is 0.750. The molecular weight excluding hydrogens is 364 g/mol. The van der Waals surface area contributed by atoms with Gasteiger partial charge in [0.05, 0.1) is 12.3 Å². The molecular formula is C22H26N6O. The molecule has 2 aliphatic heterocycles. The lowest BCUT2D eigenvalue weighted by atomic mass is 10.1. The number of rotatable bonds is 5. The molecule has 1 saturated heterocycles. The first-order valence-electron chi connectivity index (χ1n) is 10.3. The third-order valence-electron chi connectivity index (χ3n) is 5.76. The summed E-state index contributed by atoms with van der Waals surface area (Å²) in [4.78, 5) is 4.85. The number of aromatic nitrogens is 4. The molecule has 2 aliphatic rings. The summed E-state index contributed by atoms with van der Waals surface area (Å²) < 4.78 is 7.36. The van der Waals surface area contributed by atoms with Crippen molar-refractivity contribution < 1.29 is 4.74 Å². The number of nitrogens with zero attached hydrogens (tertiary/aromatic N) is 6. The predicted octanol–water partition coefficient (Wildman–Crippen LogP) is 2.27. The maximum absolute atomic E-state index is 5.60. The van der Waals surface area contributed by atoms with Gasteiger partial charge in [-0.1, -0.05) is 12.1 Å². The van der Waals surface area contributed by atoms with Crippen LogP contribution in [0.5, 0.6) is 5.75 Å². The standard InChI is InChI=1S/C22H26N6O/c1-17-6-10-28(25-17)22-5-4-21(23-24-22)27-13-11-26(12-14-27)9-7-18-2-3-20-19(16-18)8-15-29-20/h2-6,10,16H,7-9,11-15H2,1H3. The molecule has 0 unspecified atom stereocenters. The maximum atomic E-state index is 5.60. The van der Waals surface area contributed by atoms with Gasteiger partial charge in [-0.25, -0.2) is 4.68 Å². The van der Waals surface area contributed by atoms with Crippen LogP contribution in [0.25, 0.3) is 5.82 Å². The summed E-state index contributed by atoms with van der Waals surface area (Å²) >= 11 is 0. The second-order valence-corrected chi connectivity index (χ2v) is 7.77. The minimum Gasteiger partial charge on any atom is -0.493 e. The number of anilines is 1. The smallest absolute Gasteiger partial charge is 0.175 e. The molecule has 4 heterocycles. The molecule has 7 nitrogen and oxygen atoms in total. The van der Waals surface area contributed by atoms with Crippen molar-refractivity contribution in [3.05, 3.63) is 59.4 Å². The SMILES string of the molecule is Cc1ccn(-c2ccc(N3CCN(CCc4ccc5c(c4)CCO5)CC3)nn2)n1. The van der Waals surface area contributed by atoms with E-state index in [4.69, 9.17) is 4.74 Å². The third-order valence-corrected chi connectivity index (χ3v) is 5.76. The molecule has 5 rings (SSSR count).